The summed E-state index contributed by atoms with van der Waals surface area (Å²) in [6, 6.07) is 6.61. The molecule has 1 heterocycles. The van der Waals surface area contributed by atoms with Crippen molar-refractivity contribution in [3.05, 3.63) is 45.1 Å². The first-order valence-corrected chi connectivity index (χ1v) is 4.92. The second-order valence-electron chi connectivity index (χ2n) is 3.44. The average Bonchev–Trinajstić information content (AvgIpc) is 2.34. The summed E-state index contributed by atoms with van der Waals surface area (Å²) in [4.78, 5) is 37.2. The van der Waals surface area contributed by atoms with E-state index in [1.165, 1.54) is 7.11 Å². The molecule has 2 rings (SSSR count). The van der Waals surface area contributed by atoms with Crippen LogP contribution in [0.4, 0.5) is 0 Å². The fourth-order valence-electron chi connectivity index (χ4n) is 1.54. The highest BCUT2D eigenvalue weighted by atomic mass is 16.5. The molecule has 0 bridgehead atoms. The Hall–Kier alpha value is -2.37. The van der Waals surface area contributed by atoms with E-state index in [1.807, 2.05) is 0 Å². The number of fused-ring (bicyclic) bond motifs is 1. The summed E-state index contributed by atoms with van der Waals surface area (Å²) in [5, 5.41) is 0.357. The Morgan fingerprint density at radius 1 is 1.35 bits per heavy atom. The number of nitrogens with one attached hydrogen (secondary N) is 1. The number of hydrogen-bond donors (Lipinski definition) is 1. The number of carbonyl (C=O) groups excluding carboxylic acids is 1. The SMILES string of the molecule is COC(=O)Cn1c(=O)[nH]c2ccccc2c1=O. The zero-order valence-electron chi connectivity index (χ0n) is 9.10. The van der Waals surface area contributed by atoms with Crippen molar-refractivity contribution >= 4 is 16.9 Å². The number of benzene rings is 1. The summed E-state index contributed by atoms with van der Waals surface area (Å²) in [5.41, 5.74) is -0.683. The van der Waals surface area contributed by atoms with E-state index in [4.69, 9.17) is 0 Å². The molecule has 1 N–H and O–H groups in total. The number of para-hydroxylation sites is 1. The minimum atomic E-state index is -0.645. The van der Waals surface area contributed by atoms with Gasteiger partial charge in [0.2, 0.25) is 0 Å². The molecule has 88 valence electrons. The van der Waals surface area contributed by atoms with Gasteiger partial charge in [-0.25, -0.2) is 9.36 Å². The number of methoxy groups -OCH3 is 1. The molecule has 2 aromatic rings. The van der Waals surface area contributed by atoms with Crippen molar-refractivity contribution in [2.24, 2.45) is 0 Å². The van der Waals surface area contributed by atoms with Crippen molar-refractivity contribution in [3.63, 3.8) is 0 Å². The number of aromatic nitrogens is 2. The molecule has 6 heteroatoms. The lowest BCUT2D eigenvalue weighted by Crippen LogP contribution is -2.37. The summed E-state index contributed by atoms with van der Waals surface area (Å²) < 4.78 is 5.24. The fourth-order valence-corrected chi connectivity index (χ4v) is 1.54. The lowest BCUT2D eigenvalue weighted by molar-refractivity contribution is -0.141. The molecule has 0 fully saturated rings. The van der Waals surface area contributed by atoms with Crippen molar-refractivity contribution in [1.82, 2.24) is 9.55 Å². The third-order valence-corrected chi connectivity index (χ3v) is 2.40. The molecular weight excluding hydrogens is 224 g/mol. The largest absolute Gasteiger partial charge is 0.468 e. The number of esters is 1. The maximum atomic E-state index is 11.9. The molecule has 0 atom stereocenters. The van der Waals surface area contributed by atoms with Gasteiger partial charge in [-0.15, -0.1) is 0 Å². The van der Waals surface area contributed by atoms with Crippen molar-refractivity contribution in [2.75, 3.05) is 7.11 Å². The van der Waals surface area contributed by atoms with Crippen LogP contribution in [0.3, 0.4) is 0 Å². The van der Waals surface area contributed by atoms with E-state index in [-0.39, 0.29) is 0 Å². The van der Waals surface area contributed by atoms with E-state index in [9.17, 15) is 14.4 Å². The molecule has 0 saturated carbocycles. The molecule has 0 amide bonds. The number of H-pyrrole nitrogens is 1. The smallest absolute Gasteiger partial charge is 0.329 e. The van der Waals surface area contributed by atoms with Gasteiger partial charge < -0.3 is 9.72 Å². The summed E-state index contributed by atoms with van der Waals surface area (Å²) >= 11 is 0. The standard InChI is InChI=1S/C11H10N2O4/c1-17-9(14)6-13-10(15)7-4-2-3-5-8(7)12-11(13)16/h2-5H,6H2,1H3,(H,12,16). The van der Waals surface area contributed by atoms with Crippen LogP contribution in [-0.2, 0) is 16.1 Å². The van der Waals surface area contributed by atoms with Crippen molar-refractivity contribution in [3.8, 4) is 0 Å². The molecule has 1 aromatic heterocycles. The van der Waals surface area contributed by atoms with Gasteiger partial charge >= 0.3 is 11.7 Å². The second kappa shape index (κ2) is 4.25. The number of rotatable bonds is 2. The number of ether oxygens (including phenoxy) is 1. The zero-order chi connectivity index (χ0) is 12.4. The van der Waals surface area contributed by atoms with Gasteiger partial charge in [0.1, 0.15) is 6.54 Å². The number of nitrogens with zero attached hydrogens (tertiary/aromatic N) is 1. The predicted molar refractivity (Wildman–Crippen MR) is 60.8 cm³/mol. The topological polar surface area (TPSA) is 81.2 Å². The molecule has 6 nitrogen and oxygen atoms in total. The van der Waals surface area contributed by atoms with E-state index in [0.717, 1.165) is 4.57 Å². The van der Waals surface area contributed by atoms with Crippen LogP contribution in [0, 0.1) is 0 Å². The Morgan fingerprint density at radius 2 is 2.06 bits per heavy atom. The van der Waals surface area contributed by atoms with Crippen LogP contribution >= 0.6 is 0 Å². The third kappa shape index (κ3) is 1.96. The van der Waals surface area contributed by atoms with Gasteiger partial charge in [-0.2, -0.15) is 0 Å². The van der Waals surface area contributed by atoms with Crippen LogP contribution in [0.1, 0.15) is 0 Å². The van der Waals surface area contributed by atoms with E-state index in [1.54, 1.807) is 24.3 Å². The van der Waals surface area contributed by atoms with Crippen LogP contribution in [0.25, 0.3) is 10.9 Å². The Kier molecular flexibility index (Phi) is 2.78. The molecule has 0 aliphatic rings. The van der Waals surface area contributed by atoms with Gasteiger partial charge in [-0.3, -0.25) is 9.59 Å². The normalized spacial score (nSPS) is 10.4. The highest BCUT2D eigenvalue weighted by Crippen LogP contribution is 2.02. The third-order valence-electron chi connectivity index (χ3n) is 2.40. The van der Waals surface area contributed by atoms with Gasteiger partial charge in [-0.1, -0.05) is 12.1 Å². The summed E-state index contributed by atoms with van der Waals surface area (Å²) in [6.07, 6.45) is 0. The first-order chi connectivity index (χ1) is 8.13. The molecule has 0 unspecified atom stereocenters. The molecular formula is C11H10N2O4. The van der Waals surface area contributed by atoms with Crippen LogP contribution in [-0.4, -0.2) is 22.6 Å². The summed E-state index contributed by atoms with van der Waals surface area (Å²) in [6.45, 7) is -0.393. The lowest BCUT2D eigenvalue weighted by atomic mass is 10.2. The maximum absolute atomic E-state index is 11.9. The van der Waals surface area contributed by atoms with Crippen molar-refractivity contribution in [2.45, 2.75) is 6.54 Å². The minimum Gasteiger partial charge on any atom is -0.468 e. The molecule has 0 saturated heterocycles. The highest BCUT2D eigenvalue weighted by Gasteiger charge is 2.10. The number of carbonyl (C=O) groups is 1. The van der Waals surface area contributed by atoms with Gasteiger partial charge in [0, 0.05) is 0 Å². The number of aromatic amines is 1. The molecule has 0 aliphatic heterocycles. The van der Waals surface area contributed by atoms with E-state index >= 15 is 0 Å². The summed E-state index contributed by atoms with van der Waals surface area (Å²) in [7, 11) is 1.20. The van der Waals surface area contributed by atoms with Gasteiger partial charge in [0.15, 0.2) is 0 Å². The van der Waals surface area contributed by atoms with E-state index in [2.05, 4.69) is 9.72 Å². The van der Waals surface area contributed by atoms with Gasteiger partial charge in [0.05, 0.1) is 18.0 Å². The lowest BCUT2D eigenvalue weighted by Gasteiger charge is -2.04. The van der Waals surface area contributed by atoms with Crippen molar-refractivity contribution < 1.29 is 9.53 Å². The van der Waals surface area contributed by atoms with Gasteiger partial charge in [-0.05, 0) is 12.1 Å². The van der Waals surface area contributed by atoms with Crippen LogP contribution in [0.15, 0.2) is 33.9 Å². The fraction of sp³-hybridized carbons (Fsp3) is 0.182. The van der Waals surface area contributed by atoms with E-state index < -0.39 is 23.8 Å². The highest BCUT2D eigenvalue weighted by molar-refractivity contribution is 5.77. The van der Waals surface area contributed by atoms with Crippen LogP contribution < -0.4 is 11.2 Å². The van der Waals surface area contributed by atoms with Crippen LogP contribution in [0.2, 0.25) is 0 Å². The van der Waals surface area contributed by atoms with Crippen LogP contribution in [0.5, 0.6) is 0 Å². The quantitative estimate of drug-likeness (QED) is 0.733. The Morgan fingerprint density at radius 3 is 2.76 bits per heavy atom. The second-order valence-corrected chi connectivity index (χ2v) is 3.44. The van der Waals surface area contributed by atoms with Gasteiger partial charge in [0.25, 0.3) is 5.56 Å². The molecule has 0 radical (unpaired) electrons. The molecule has 0 spiro atoms. The Balaban J connectivity index is 2.68. The Bertz CT molecular complexity index is 684. The zero-order valence-corrected chi connectivity index (χ0v) is 9.10. The maximum Gasteiger partial charge on any atom is 0.329 e. The van der Waals surface area contributed by atoms with Crippen molar-refractivity contribution in [1.29, 1.82) is 0 Å². The molecule has 0 aliphatic carbocycles. The molecule has 1 aromatic carbocycles. The monoisotopic (exact) mass is 234 g/mol. The molecule has 17 heavy (non-hydrogen) atoms. The first-order valence-electron chi connectivity index (χ1n) is 4.92. The van der Waals surface area contributed by atoms with E-state index in [0.29, 0.717) is 10.9 Å². The summed E-state index contributed by atoms with van der Waals surface area (Å²) in [5.74, 6) is -0.645. The Labute approximate surface area is 95.5 Å². The first kappa shape index (κ1) is 11.1. The predicted octanol–water partition coefficient (Wildman–Crippen LogP) is -0.137. The number of hydrogen-bond acceptors (Lipinski definition) is 4. The average molecular weight is 234 g/mol. The minimum absolute atomic E-state index is 0.357.